The van der Waals surface area contributed by atoms with Crippen molar-refractivity contribution < 1.29 is 24.6 Å². The topological polar surface area (TPSA) is 108 Å². The highest BCUT2D eigenvalue weighted by Gasteiger charge is 2.17. The maximum Gasteiger partial charge on any atom is 0.414 e. The number of ketones is 1. The Morgan fingerprint density at radius 1 is 1.06 bits per heavy atom. The summed E-state index contributed by atoms with van der Waals surface area (Å²) in [5.74, 6) is -1.26. The summed E-state index contributed by atoms with van der Waals surface area (Å²) in [6.45, 7) is 3.42. The molecule has 0 radical (unpaired) electrons. The van der Waals surface area contributed by atoms with E-state index in [1.807, 2.05) is 41.4 Å². The van der Waals surface area contributed by atoms with Crippen LogP contribution in [0.2, 0.25) is 0 Å². The molecule has 0 amide bonds. The average molecular weight is 513 g/mol. The fourth-order valence-electron chi connectivity index (χ4n) is 2.66. The Balaban J connectivity index is 0.000000801. The minimum absolute atomic E-state index is 0.0816. The number of thioether (sulfide) groups is 2. The van der Waals surface area contributed by atoms with Crippen LogP contribution in [0.4, 0.5) is 0 Å². The normalized spacial score (nSPS) is 11.5. The predicted molar refractivity (Wildman–Crippen MR) is 137 cm³/mol. The van der Waals surface area contributed by atoms with Crippen molar-refractivity contribution in [2.24, 2.45) is 0 Å². The van der Waals surface area contributed by atoms with Crippen LogP contribution >= 0.6 is 34.9 Å². The van der Waals surface area contributed by atoms with Crippen LogP contribution in [0.15, 0.2) is 40.9 Å². The first-order chi connectivity index (χ1) is 15.7. The number of aromatic nitrogens is 1. The number of thiophene rings is 1. The zero-order valence-electron chi connectivity index (χ0n) is 19.2. The van der Waals surface area contributed by atoms with E-state index < -0.39 is 11.9 Å². The first-order valence-corrected chi connectivity index (χ1v) is 13.5. The number of pyridine rings is 1. The molecule has 0 spiro atoms. The van der Waals surface area contributed by atoms with Crippen molar-refractivity contribution in [3.63, 3.8) is 0 Å². The molecule has 0 saturated carbocycles. The van der Waals surface area contributed by atoms with E-state index in [0.717, 1.165) is 21.2 Å². The quantitative estimate of drug-likeness (QED) is 0.168. The predicted octanol–water partition coefficient (Wildman–Crippen LogP) is 4.87. The number of unbranched alkanes of at least 4 members (excludes halogenated alkanes) is 3. The zero-order valence-corrected chi connectivity index (χ0v) is 21.7. The Morgan fingerprint density at radius 3 is 2.36 bits per heavy atom. The molecule has 0 saturated heterocycles. The highest BCUT2D eigenvalue weighted by molar-refractivity contribution is 8.03. The van der Waals surface area contributed by atoms with Crippen LogP contribution in [-0.4, -0.2) is 75.2 Å². The first-order valence-electron chi connectivity index (χ1n) is 10.6. The second-order valence-corrected chi connectivity index (χ2v) is 11.0. The molecule has 7 nitrogen and oxygen atoms in total. The average Bonchev–Trinajstić information content (AvgIpc) is 3.30. The van der Waals surface area contributed by atoms with Gasteiger partial charge < -0.3 is 15.1 Å². The van der Waals surface area contributed by atoms with Crippen LogP contribution < -0.4 is 0 Å². The van der Waals surface area contributed by atoms with Gasteiger partial charge in [0.25, 0.3) is 0 Å². The Bertz CT molecular complexity index is 848. The molecular formula is C23H32N2O5S3. The van der Waals surface area contributed by atoms with Crippen LogP contribution in [-0.2, 0) is 9.59 Å². The zero-order chi connectivity index (χ0) is 24.6. The molecule has 0 aromatic carbocycles. The summed E-state index contributed by atoms with van der Waals surface area (Å²) in [6.07, 6.45) is 7.01. The lowest BCUT2D eigenvalue weighted by Crippen LogP contribution is -2.12. The molecule has 2 N–H and O–H groups in total. The lowest BCUT2D eigenvalue weighted by atomic mass is 10.1. The van der Waals surface area contributed by atoms with E-state index in [2.05, 4.69) is 30.9 Å². The molecule has 0 aliphatic rings. The summed E-state index contributed by atoms with van der Waals surface area (Å²) in [4.78, 5) is 38.4. The molecule has 2 heterocycles. The van der Waals surface area contributed by atoms with Gasteiger partial charge in [-0.2, -0.15) is 11.8 Å². The largest absolute Gasteiger partial charge is 0.473 e. The monoisotopic (exact) mass is 512 g/mol. The first kappa shape index (κ1) is 29.2. The van der Waals surface area contributed by atoms with Gasteiger partial charge in [-0.1, -0.05) is 25.8 Å². The third-order valence-corrected chi connectivity index (χ3v) is 7.76. The number of carbonyl (C=O) groups excluding carboxylic acids is 1. The summed E-state index contributed by atoms with van der Waals surface area (Å²) >= 11 is 5.22. The molecule has 0 fully saturated rings. The Hall–Kier alpha value is -1.88. The highest BCUT2D eigenvalue weighted by atomic mass is 32.2. The van der Waals surface area contributed by atoms with Gasteiger partial charge in [-0.05, 0) is 62.8 Å². The van der Waals surface area contributed by atoms with Gasteiger partial charge in [-0.3, -0.25) is 4.79 Å². The van der Waals surface area contributed by atoms with E-state index in [9.17, 15) is 4.79 Å². The van der Waals surface area contributed by atoms with Crippen molar-refractivity contribution in [3.8, 4) is 0 Å². The van der Waals surface area contributed by atoms with E-state index in [-0.39, 0.29) is 5.78 Å². The smallest absolute Gasteiger partial charge is 0.414 e. The van der Waals surface area contributed by atoms with E-state index in [1.165, 1.54) is 49.3 Å². The summed E-state index contributed by atoms with van der Waals surface area (Å²) in [7, 11) is 4.27. The maximum atomic E-state index is 12.7. The summed E-state index contributed by atoms with van der Waals surface area (Å²) in [5, 5.41) is 18.0. The minimum Gasteiger partial charge on any atom is -0.473 e. The van der Waals surface area contributed by atoms with Gasteiger partial charge >= 0.3 is 11.9 Å². The minimum atomic E-state index is -1.82. The van der Waals surface area contributed by atoms with Gasteiger partial charge in [-0.25, -0.2) is 14.6 Å². The SMILES string of the molecule is CC(CSCCCCCCN(C)C)Sc1ncccc1C(=O)c1cccs1.O=C(O)C(=O)O. The highest BCUT2D eigenvalue weighted by Crippen LogP contribution is 2.29. The molecule has 1 unspecified atom stereocenters. The molecule has 182 valence electrons. The van der Waals surface area contributed by atoms with Gasteiger partial charge in [-0.15, -0.1) is 23.1 Å². The van der Waals surface area contributed by atoms with Crippen molar-refractivity contribution in [2.75, 3.05) is 32.1 Å². The standard InChI is InChI=1S/C21H30N2OS3.C2H2O4/c1-17(16-25-14-7-5-4-6-13-23(2)3)27-21-18(10-8-12-22-21)20(24)19-11-9-15-26-19;3-1(4)2(5)6/h8-12,15,17H,4-7,13-14,16H2,1-3H3;(H,3,4)(H,5,6). The Morgan fingerprint density at radius 2 is 1.76 bits per heavy atom. The molecule has 0 aliphatic heterocycles. The second kappa shape index (κ2) is 16.7. The number of hydrogen-bond acceptors (Lipinski definition) is 8. The fraction of sp³-hybridized carbons (Fsp3) is 0.478. The van der Waals surface area contributed by atoms with Crippen LogP contribution in [0.5, 0.6) is 0 Å². The van der Waals surface area contributed by atoms with E-state index in [1.54, 1.807) is 18.0 Å². The number of hydrogen-bond donors (Lipinski definition) is 2. The second-order valence-electron chi connectivity index (χ2n) is 7.49. The molecule has 2 aromatic heterocycles. The van der Waals surface area contributed by atoms with Gasteiger partial charge in [0, 0.05) is 17.2 Å². The number of nitrogens with zero attached hydrogens (tertiary/aromatic N) is 2. The Labute approximate surface area is 208 Å². The van der Waals surface area contributed by atoms with Gasteiger partial charge in [0.05, 0.1) is 10.4 Å². The number of rotatable bonds is 13. The summed E-state index contributed by atoms with van der Waals surface area (Å²) in [6, 6.07) is 7.54. The van der Waals surface area contributed by atoms with E-state index in [4.69, 9.17) is 19.8 Å². The van der Waals surface area contributed by atoms with Crippen LogP contribution in [0, 0.1) is 0 Å². The molecule has 2 aromatic rings. The van der Waals surface area contributed by atoms with Crippen LogP contribution in [0.3, 0.4) is 0 Å². The number of carboxylic acids is 2. The van der Waals surface area contributed by atoms with Crippen LogP contribution in [0.1, 0.15) is 47.8 Å². The van der Waals surface area contributed by atoms with Gasteiger partial charge in [0.15, 0.2) is 0 Å². The molecular weight excluding hydrogens is 480 g/mol. The van der Waals surface area contributed by atoms with Crippen molar-refractivity contribution in [1.29, 1.82) is 0 Å². The third-order valence-electron chi connectivity index (χ3n) is 4.25. The maximum absolute atomic E-state index is 12.7. The molecule has 2 rings (SSSR count). The van der Waals surface area contributed by atoms with Crippen molar-refractivity contribution in [3.05, 3.63) is 46.3 Å². The Kier molecular flexibility index (Phi) is 14.7. The third kappa shape index (κ3) is 12.8. The number of aliphatic carboxylic acids is 2. The van der Waals surface area contributed by atoms with Gasteiger partial charge in [0.1, 0.15) is 5.03 Å². The van der Waals surface area contributed by atoms with Gasteiger partial charge in [0.2, 0.25) is 5.78 Å². The summed E-state index contributed by atoms with van der Waals surface area (Å²) < 4.78 is 0. The van der Waals surface area contributed by atoms with E-state index in [0.29, 0.717) is 5.25 Å². The molecule has 0 aliphatic carbocycles. The lowest BCUT2D eigenvalue weighted by molar-refractivity contribution is -0.159. The number of carbonyl (C=O) groups is 3. The lowest BCUT2D eigenvalue weighted by Gasteiger charge is -2.13. The molecule has 1 atom stereocenters. The van der Waals surface area contributed by atoms with Crippen molar-refractivity contribution in [2.45, 2.75) is 42.9 Å². The van der Waals surface area contributed by atoms with E-state index >= 15 is 0 Å². The van der Waals surface area contributed by atoms with Crippen molar-refractivity contribution in [1.82, 2.24) is 9.88 Å². The number of carboxylic acid groups (broad SMARTS) is 2. The summed E-state index contributed by atoms with van der Waals surface area (Å²) in [5.41, 5.74) is 0.725. The molecule has 33 heavy (non-hydrogen) atoms. The van der Waals surface area contributed by atoms with Crippen molar-refractivity contribution >= 4 is 52.6 Å². The molecule has 0 bridgehead atoms. The van der Waals surface area contributed by atoms with Crippen LogP contribution in [0.25, 0.3) is 0 Å². The molecule has 10 heteroatoms. The fourth-order valence-corrected chi connectivity index (χ4v) is 5.59.